The SMILES string of the molecule is CCn1nccc1NS(=O)(=O)CC. The van der Waals surface area contributed by atoms with Crippen molar-refractivity contribution in [2.45, 2.75) is 20.4 Å². The van der Waals surface area contributed by atoms with E-state index in [0.29, 0.717) is 12.4 Å². The monoisotopic (exact) mass is 203 g/mol. The van der Waals surface area contributed by atoms with Gasteiger partial charge in [-0.15, -0.1) is 0 Å². The number of nitrogens with zero attached hydrogens (tertiary/aromatic N) is 2. The van der Waals surface area contributed by atoms with Gasteiger partial charge < -0.3 is 0 Å². The van der Waals surface area contributed by atoms with Crippen LogP contribution in [-0.4, -0.2) is 24.0 Å². The molecule has 13 heavy (non-hydrogen) atoms. The van der Waals surface area contributed by atoms with Gasteiger partial charge in [-0.25, -0.2) is 13.1 Å². The summed E-state index contributed by atoms with van der Waals surface area (Å²) in [6.07, 6.45) is 1.57. The van der Waals surface area contributed by atoms with E-state index >= 15 is 0 Å². The average molecular weight is 203 g/mol. The highest BCUT2D eigenvalue weighted by Crippen LogP contribution is 2.07. The second-order valence-electron chi connectivity index (χ2n) is 2.54. The Kier molecular flexibility index (Phi) is 2.92. The van der Waals surface area contributed by atoms with E-state index in [9.17, 15) is 8.42 Å². The second kappa shape index (κ2) is 3.78. The number of sulfonamides is 1. The summed E-state index contributed by atoms with van der Waals surface area (Å²) in [4.78, 5) is 0. The topological polar surface area (TPSA) is 64.0 Å². The third-order valence-electron chi connectivity index (χ3n) is 1.66. The van der Waals surface area contributed by atoms with Gasteiger partial charge in [0.2, 0.25) is 10.0 Å². The lowest BCUT2D eigenvalue weighted by Crippen LogP contribution is -2.17. The van der Waals surface area contributed by atoms with Crippen LogP contribution in [0.1, 0.15) is 13.8 Å². The first-order chi connectivity index (χ1) is 6.09. The fraction of sp³-hybridized carbons (Fsp3) is 0.571. The zero-order chi connectivity index (χ0) is 9.90. The standard InChI is InChI=1S/C7H13N3O2S/c1-3-10-7(5-6-8-10)9-13(11,12)4-2/h5-6,9H,3-4H2,1-2H3. The Hall–Kier alpha value is -1.04. The van der Waals surface area contributed by atoms with Crippen LogP contribution in [0.5, 0.6) is 0 Å². The van der Waals surface area contributed by atoms with Crippen LogP contribution in [0.25, 0.3) is 0 Å². The molecule has 0 spiro atoms. The van der Waals surface area contributed by atoms with Crippen LogP contribution < -0.4 is 4.72 Å². The van der Waals surface area contributed by atoms with E-state index in [2.05, 4.69) is 9.82 Å². The van der Waals surface area contributed by atoms with Crippen molar-refractivity contribution in [2.75, 3.05) is 10.5 Å². The molecule has 0 saturated carbocycles. The van der Waals surface area contributed by atoms with E-state index in [1.807, 2.05) is 6.92 Å². The largest absolute Gasteiger partial charge is 0.268 e. The first-order valence-corrected chi connectivity index (χ1v) is 5.76. The quantitative estimate of drug-likeness (QED) is 0.782. The normalized spacial score (nSPS) is 11.5. The number of hydrogen-bond acceptors (Lipinski definition) is 3. The molecule has 0 fully saturated rings. The highest BCUT2D eigenvalue weighted by atomic mass is 32.2. The smallest absolute Gasteiger partial charge is 0.233 e. The summed E-state index contributed by atoms with van der Waals surface area (Å²) in [5, 5.41) is 3.94. The average Bonchev–Trinajstić information content (AvgIpc) is 2.51. The fourth-order valence-electron chi connectivity index (χ4n) is 0.903. The summed E-state index contributed by atoms with van der Waals surface area (Å²) in [6.45, 7) is 4.14. The first-order valence-electron chi connectivity index (χ1n) is 4.11. The van der Waals surface area contributed by atoms with Gasteiger partial charge in [0.25, 0.3) is 0 Å². The molecule has 0 unspecified atom stereocenters. The molecule has 1 heterocycles. The number of anilines is 1. The van der Waals surface area contributed by atoms with Crippen LogP contribution in [0.4, 0.5) is 5.82 Å². The van der Waals surface area contributed by atoms with Crippen molar-refractivity contribution in [3.63, 3.8) is 0 Å². The van der Waals surface area contributed by atoms with Gasteiger partial charge in [-0.3, -0.25) is 4.72 Å². The number of rotatable bonds is 4. The van der Waals surface area contributed by atoms with Crippen LogP contribution in [0.2, 0.25) is 0 Å². The van der Waals surface area contributed by atoms with Crippen molar-refractivity contribution in [1.82, 2.24) is 9.78 Å². The zero-order valence-corrected chi connectivity index (χ0v) is 8.50. The van der Waals surface area contributed by atoms with Crippen molar-refractivity contribution in [3.05, 3.63) is 12.3 Å². The molecule has 0 bridgehead atoms. The zero-order valence-electron chi connectivity index (χ0n) is 7.69. The van der Waals surface area contributed by atoms with Gasteiger partial charge in [0.05, 0.1) is 11.9 Å². The maximum absolute atomic E-state index is 11.2. The van der Waals surface area contributed by atoms with E-state index in [-0.39, 0.29) is 5.75 Å². The summed E-state index contributed by atoms with van der Waals surface area (Å²) in [7, 11) is -3.19. The molecular formula is C7H13N3O2S. The van der Waals surface area contributed by atoms with Crippen molar-refractivity contribution >= 4 is 15.8 Å². The highest BCUT2D eigenvalue weighted by Gasteiger charge is 2.09. The van der Waals surface area contributed by atoms with Gasteiger partial charge >= 0.3 is 0 Å². The minimum Gasteiger partial charge on any atom is -0.268 e. The van der Waals surface area contributed by atoms with E-state index in [0.717, 1.165) is 0 Å². The van der Waals surface area contributed by atoms with Gasteiger partial charge in [0.1, 0.15) is 5.82 Å². The molecule has 74 valence electrons. The minimum atomic E-state index is -3.19. The molecule has 6 heteroatoms. The van der Waals surface area contributed by atoms with E-state index in [4.69, 9.17) is 0 Å². The molecule has 1 aromatic rings. The van der Waals surface area contributed by atoms with Gasteiger partial charge in [-0.2, -0.15) is 5.10 Å². The fourth-order valence-corrected chi connectivity index (χ4v) is 1.54. The third-order valence-corrected chi connectivity index (χ3v) is 2.94. The minimum absolute atomic E-state index is 0.0713. The van der Waals surface area contributed by atoms with Crippen molar-refractivity contribution in [3.8, 4) is 0 Å². The molecule has 0 aliphatic carbocycles. The molecule has 1 rings (SSSR count). The Morgan fingerprint density at radius 1 is 1.54 bits per heavy atom. The summed E-state index contributed by atoms with van der Waals surface area (Å²) < 4.78 is 26.4. The molecular weight excluding hydrogens is 190 g/mol. The highest BCUT2D eigenvalue weighted by molar-refractivity contribution is 7.92. The van der Waals surface area contributed by atoms with E-state index in [1.165, 1.54) is 0 Å². The Bertz CT molecular complexity index is 369. The Balaban J connectivity index is 2.86. The summed E-state index contributed by atoms with van der Waals surface area (Å²) in [5.74, 6) is 0.589. The Labute approximate surface area is 77.8 Å². The van der Waals surface area contributed by atoms with Crippen molar-refractivity contribution in [2.24, 2.45) is 0 Å². The summed E-state index contributed by atoms with van der Waals surface area (Å²) >= 11 is 0. The van der Waals surface area contributed by atoms with Crippen LogP contribution in [0, 0.1) is 0 Å². The molecule has 1 aromatic heterocycles. The Morgan fingerprint density at radius 3 is 2.77 bits per heavy atom. The van der Waals surface area contributed by atoms with E-state index in [1.54, 1.807) is 23.9 Å². The van der Waals surface area contributed by atoms with E-state index < -0.39 is 10.0 Å². The third kappa shape index (κ3) is 2.45. The summed E-state index contributed by atoms with van der Waals surface area (Å²) in [6, 6.07) is 1.64. The van der Waals surface area contributed by atoms with Gasteiger partial charge in [0, 0.05) is 12.6 Å². The van der Waals surface area contributed by atoms with Crippen LogP contribution in [0.3, 0.4) is 0 Å². The molecule has 0 saturated heterocycles. The molecule has 5 nitrogen and oxygen atoms in total. The maximum Gasteiger partial charge on any atom is 0.233 e. The molecule has 0 aliphatic heterocycles. The van der Waals surface area contributed by atoms with Gasteiger partial charge in [-0.1, -0.05) is 0 Å². The molecule has 0 aliphatic rings. The predicted molar refractivity (Wildman–Crippen MR) is 51.0 cm³/mol. The molecule has 1 N–H and O–H groups in total. The number of hydrogen-bond donors (Lipinski definition) is 1. The molecule has 0 atom stereocenters. The lowest BCUT2D eigenvalue weighted by molar-refractivity contribution is 0.600. The number of nitrogens with one attached hydrogen (secondary N) is 1. The van der Waals surface area contributed by atoms with Gasteiger partial charge in [-0.05, 0) is 13.8 Å². The van der Waals surface area contributed by atoms with Crippen molar-refractivity contribution in [1.29, 1.82) is 0 Å². The number of aromatic nitrogens is 2. The molecule has 0 aromatic carbocycles. The molecule has 0 radical (unpaired) electrons. The van der Waals surface area contributed by atoms with Crippen LogP contribution >= 0.6 is 0 Å². The first kappa shape index (κ1) is 10.0. The predicted octanol–water partition coefficient (Wildman–Crippen LogP) is 0.665. The van der Waals surface area contributed by atoms with Crippen molar-refractivity contribution < 1.29 is 8.42 Å². The lowest BCUT2D eigenvalue weighted by Gasteiger charge is -2.06. The second-order valence-corrected chi connectivity index (χ2v) is 4.55. The van der Waals surface area contributed by atoms with Crippen LogP contribution in [-0.2, 0) is 16.6 Å². The maximum atomic E-state index is 11.2. The Morgan fingerprint density at radius 2 is 2.23 bits per heavy atom. The molecule has 0 amide bonds. The lowest BCUT2D eigenvalue weighted by atomic mass is 10.6. The number of aryl methyl sites for hydroxylation is 1. The van der Waals surface area contributed by atoms with Crippen LogP contribution in [0.15, 0.2) is 12.3 Å². The van der Waals surface area contributed by atoms with Gasteiger partial charge in [0.15, 0.2) is 0 Å². The summed E-state index contributed by atoms with van der Waals surface area (Å²) in [5.41, 5.74) is 0.